The fourth-order valence-electron chi connectivity index (χ4n) is 2.99. The maximum Gasteiger partial charge on any atom is 0.226 e. The molecule has 0 saturated carbocycles. The zero-order valence-electron chi connectivity index (χ0n) is 16.2. The molecule has 3 aromatic rings. The summed E-state index contributed by atoms with van der Waals surface area (Å²) >= 11 is 0. The van der Waals surface area contributed by atoms with Gasteiger partial charge in [-0.2, -0.15) is 0 Å². The molecule has 28 heavy (non-hydrogen) atoms. The molecule has 1 amide bonds. The van der Waals surface area contributed by atoms with Crippen LogP contribution in [0.4, 0.5) is 5.69 Å². The van der Waals surface area contributed by atoms with Gasteiger partial charge >= 0.3 is 0 Å². The van der Waals surface area contributed by atoms with Gasteiger partial charge in [0.25, 0.3) is 0 Å². The fraction of sp³-hybridized carbons (Fsp3) is 0.286. The molecule has 7 heteroatoms. The Hall–Kier alpha value is -2.05. The molecule has 0 spiro atoms. The van der Waals surface area contributed by atoms with Crippen molar-refractivity contribution in [3.63, 3.8) is 0 Å². The molecule has 0 bridgehead atoms. The van der Waals surface area contributed by atoms with E-state index in [2.05, 4.69) is 41.1 Å². The van der Waals surface area contributed by atoms with E-state index in [-0.39, 0.29) is 43.2 Å². The number of fused-ring (bicyclic) bond motifs is 1. The normalized spacial score (nSPS) is 11.6. The van der Waals surface area contributed by atoms with Gasteiger partial charge in [0, 0.05) is 37.4 Å². The van der Waals surface area contributed by atoms with Crippen LogP contribution in [0.3, 0.4) is 0 Å². The number of rotatable bonds is 7. The molecule has 0 radical (unpaired) electrons. The van der Waals surface area contributed by atoms with Crippen molar-refractivity contribution in [2.45, 2.75) is 19.0 Å². The van der Waals surface area contributed by atoms with E-state index in [9.17, 15) is 4.79 Å². The van der Waals surface area contributed by atoms with Gasteiger partial charge in [0.15, 0.2) is 0 Å². The van der Waals surface area contributed by atoms with Gasteiger partial charge in [-0.05, 0) is 43.2 Å². The molecular formula is C21H28Cl2N4O. The van der Waals surface area contributed by atoms with Crippen LogP contribution >= 0.6 is 24.8 Å². The number of nitrogens with two attached hydrogens (primary N) is 1. The molecule has 0 fully saturated rings. The van der Waals surface area contributed by atoms with Crippen molar-refractivity contribution >= 4 is 47.3 Å². The lowest BCUT2D eigenvalue weighted by Gasteiger charge is -2.13. The molecule has 3 rings (SSSR count). The summed E-state index contributed by atoms with van der Waals surface area (Å²) in [5.41, 5.74) is 9.04. The topological polar surface area (TPSA) is 63.3 Å². The van der Waals surface area contributed by atoms with Crippen molar-refractivity contribution in [2.24, 2.45) is 5.73 Å². The Morgan fingerprint density at radius 2 is 1.82 bits per heavy atom. The summed E-state index contributed by atoms with van der Waals surface area (Å²) in [6, 6.07) is 17.5. The molecule has 1 atom stereocenters. The van der Waals surface area contributed by atoms with Gasteiger partial charge in [-0.25, -0.2) is 0 Å². The molecule has 2 aromatic carbocycles. The molecule has 0 aliphatic rings. The summed E-state index contributed by atoms with van der Waals surface area (Å²) in [6.07, 6.45) is 2.34. The lowest BCUT2D eigenvalue weighted by Crippen LogP contribution is -2.20. The summed E-state index contributed by atoms with van der Waals surface area (Å²) in [7, 11) is 4.13. The molecule has 152 valence electrons. The number of benzene rings is 2. The van der Waals surface area contributed by atoms with E-state index < -0.39 is 0 Å². The van der Waals surface area contributed by atoms with E-state index in [0.29, 0.717) is 0 Å². The van der Waals surface area contributed by atoms with Crippen LogP contribution in [-0.2, 0) is 11.3 Å². The van der Waals surface area contributed by atoms with E-state index in [1.807, 2.05) is 48.5 Å². The molecule has 5 nitrogen and oxygen atoms in total. The second-order valence-electron chi connectivity index (χ2n) is 6.86. The predicted octanol–water partition coefficient (Wildman–Crippen LogP) is 4.08. The van der Waals surface area contributed by atoms with Crippen molar-refractivity contribution in [1.82, 2.24) is 9.47 Å². The number of carbonyl (C=O) groups is 1. The van der Waals surface area contributed by atoms with Crippen LogP contribution in [0, 0.1) is 0 Å². The van der Waals surface area contributed by atoms with Gasteiger partial charge in [0.1, 0.15) is 0 Å². The second-order valence-corrected chi connectivity index (χ2v) is 6.86. The monoisotopic (exact) mass is 422 g/mol. The first-order valence-electron chi connectivity index (χ1n) is 8.87. The van der Waals surface area contributed by atoms with Crippen molar-refractivity contribution in [1.29, 1.82) is 0 Å². The number of aromatic nitrogens is 1. The number of nitrogens with one attached hydrogen (secondary N) is 1. The fourth-order valence-corrected chi connectivity index (χ4v) is 2.99. The van der Waals surface area contributed by atoms with Gasteiger partial charge in [-0.3, -0.25) is 4.79 Å². The van der Waals surface area contributed by atoms with Crippen LogP contribution in [0.15, 0.2) is 60.8 Å². The average molecular weight is 423 g/mol. The third-order valence-corrected chi connectivity index (χ3v) is 4.48. The first-order chi connectivity index (χ1) is 12.5. The number of halogens is 2. The smallest absolute Gasteiger partial charge is 0.226 e. The lowest BCUT2D eigenvalue weighted by molar-refractivity contribution is -0.116. The summed E-state index contributed by atoms with van der Waals surface area (Å²) in [6.45, 7) is 1.87. The molecule has 0 aliphatic carbocycles. The zero-order valence-corrected chi connectivity index (χ0v) is 17.8. The van der Waals surface area contributed by atoms with Crippen molar-refractivity contribution < 1.29 is 4.79 Å². The highest BCUT2D eigenvalue weighted by Crippen LogP contribution is 2.21. The van der Waals surface area contributed by atoms with Crippen LogP contribution in [0.1, 0.15) is 18.0 Å². The summed E-state index contributed by atoms with van der Waals surface area (Å²) < 4.78 is 2.21. The number of nitrogens with zero attached hydrogens (tertiary/aromatic N) is 2. The lowest BCUT2D eigenvalue weighted by atomic mass is 10.0. The molecule has 0 saturated heterocycles. The number of carbonyl (C=O) groups excluding carboxylic acids is 1. The number of hydrogen-bond acceptors (Lipinski definition) is 3. The highest BCUT2D eigenvalue weighted by Gasteiger charge is 2.12. The van der Waals surface area contributed by atoms with E-state index in [1.165, 1.54) is 5.39 Å². The van der Waals surface area contributed by atoms with Crippen molar-refractivity contribution in [3.05, 3.63) is 66.4 Å². The summed E-state index contributed by atoms with van der Waals surface area (Å²) in [5.74, 6) is -0.0768. The van der Waals surface area contributed by atoms with Crippen LogP contribution < -0.4 is 11.1 Å². The number of anilines is 1. The van der Waals surface area contributed by atoms with E-state index in [4.69, 9.17) is 5.73 Å². The van der Waals surface area contributed by atoms with Crippen LogP contribution in [-0.4, -0.2) is 36.0 Å². The predicted molar refractivity (Wildman–Crippen MR) is 122 cm³/mol. The Kier molecular flexibility index (Phi) is 9.49. The van der Waals surface area contributed by atoms with Gasteiger partial charge in [-0.15, -0.1) is 24.8 Å². The Bertz CT molecular complexity index is 881. The number of amides is 1. The average Bonchev–Trinajstić information content (AvgIpc) is 3.03. The molecule has 3 N–H and O–H groups in total. The minimum atomic E-state index is -0.302. The SMILES string of the molecule is CN(C)CCn1ccc2ccc(NC(=O)CC(N)c3ccccc3)cc21.Cl.Cl. The standard InChI is InChI=1S/C21H26N4O.2ClH/c1-24(2)12-13-25-11-10-17-8-9-18(14-20(17)25)23-21(26)15-19(22)16-6-4-3-5-7-16;;/h3-11,14,19H,12-13,15,22H2,1-2H3,(H,23,26);2*1H. The highest BCUT2D eigenvalue weighted by molar-refractivity contribution is 5.94. The number of likely N-dealkylation sites (N-methyl/N-ethyl adjacent to an activating group) is 1. The largest absolute Gasteiger partial charge is 0.346 e. The van der Waals surface area contributed by atoms with Crippen LogP contribution in [0.25, 0.3) is 10.9 Å². The molecule has 1 heterocycles. The first kappa shape index (κ1) is 24.0. The minimum absolute atomic E-state index is 0. The highest BCUT2D eigenvalue weighted by atomic mass is 35.5. The van der Waals surface area contributed by atoms with Crippen molar-refractivity contribution in [3.8, 4) is 0 Å². The van der Waals surface area contributed by atoms with Crippen LogP contribution in [0.2, 0.25) is 0 Å². The van der Waals surface area contributed by atoms with Crippen LogP contribution in [0.5, 0.6) is 0 Å². The van der Waals surface area contributed by atoms with Gasteiger partial charge in [0.2, 0.25) is 5.91 Å². The van der Waals surface area contributed by atoms with E-state index in [1.54, 1.807) is 0 Å². The Morgan fingerprint density at radius 1 is 1.11 bits per heavy atom. The van der Waals surface area contributed by atoms with Gasteiger partial charge in [-0.1, -0.05) is 36.4 Å². The van der Waals surface area contributed by atoms with Crippen molar-refractivity contribution in [2.75, 3.05) is 26.0 Å². The van der Waals surface area contributed by atoms with E-state index >= 15 is 0 Å². The maximum absolute atomic E-state index is 12.4. The third-order valence-electron chi connectivity index (χ3n) is 4.48. The zero-order chi connectivity index (χ0) is 18.5. The molecule has 1 aromatic heterocycles. The molecule has 1 unspecified atom stereocenters. The molecular weight excluding hydrogens is 395 g/mol. The van der Waals surface area contributed by atoms with E-state index in [0.717, 1.165) is 29.9 Å². The Labute approximate surface area is 178 Å². The minimum Gasteiger partial charge on any atom is -0.346 e. The quantitative estimate of drug-likeness (QED) is 0.602. The first-order valence-corrected chi connectivity index (χ1v) is 8.87. The molecule has 0 aliphatic heterocycles. The Morgan fingerprint density at radius 3 is 2.50 bits per heavy atom. The summed E-state index contributed by atoms with van der Waals surface area (Å²) in [4.78, 5) is 14.5. The third kappa shape index (κ3) is 6.24. The maximum atomic E-state index is 12.4. The second kappa shape index (κ2) is 11.1. The Balaban J connectivity index is 0.00000196. The van der Waals surface area contributed by atoms with Gasteiger partial charge < -0.3 is 20.5 Å². The number of hydrogen-bond donors (Lipinski definition) is 2. The summed E-state index contributed by atoms with van der Waals surface area (Å²) in [5, 5.41) is 4.14. The van der Waals surface area contributed by atoms with Gasteiger partial charge in [0.05, 0.1) is 5.52 Å².